The SMILES string of the molecule is NC(=NO)C1(C(=O)NCCc2ccncc2)CCCCC1. The van der Waals surface area contributed by atoms with Crippen LogP contribution in [0.3, 0.4) is 0 Å². The molecule has 1 aliphatic rings. The molecule has 1 aromatic heterocycles. The Morgan fingerprint density at radius 3 is 2.62 bits per heavy atom. The fourth-order valence-corrected chi connectivity index (χ4v) is 2.89. The normalized spacial score (nSPS) is 18.2. The van der Waals surface area contributed by atoms with Crippen molar-refractivity contribution < 1.29 is 10.0 Å². The topological polar surface area (TPSA) is 101 Å². The third kappa shape index (κ3) is 3.51. The molecule has 2 rings (SSSR count). The van der Waals surface area contributed by atoms with Crippen LogP contribution in [0.4, 0.5) is 0 Å². The van der Waals surface area contributed by atoms with E-state index >= 15 is 0 Å². The number of oxime groups is 1. The van der Waals surface area contributed by atoms with Gasteiger partial charge in [0.25, 0.3) is 0 Å². The Kier molecular flexibility index (Phi) is 5.14. The summed E-state index contributed by atoms with van der Waals surface area (Å²) in [6.07, 6.45) is 8.42. The number of carbonyl (C=O) groups excluding carboxylic acids is 1. The van der Waals surface area contributed by atoms with E-state index in [1.807, 2.05) is 12.1 Å². The molecule has 0 atom stereocenters. The summed E-state index contributed by atoms with van der Waals surface area (Å²) in [6.45, 7) is 0.531. The summed E-state index contributed by atoms with van der Waals surface area (Å²) in [5, 5.41) is 15.0. The molecule has 0 spiro atoms. The van der Waals surface area contributed by atoms with E-state index < -0.39 is 5.41 Å². The Labute approximate surface area is 124 Å². The zero-order valence-corrected chi connectivity index (χ0v) is 12.1. The van der Waals surface area contributed by atoms with Crippen molar-refractivity contribution in [2.24, 2.45) is 16.3 Å². The minimum atomic E-state index is -0.842. The van der Waals surface area contributed by atoms with E-state index in [9.17, 15) is 4.79 Å². The van der Waals surface area contributed by atoms with E-state index in [2.05, 4.69) is 15.5 Å². The zero-order valence-electron chi connectivity index (χ0n) is 12.1. The second-order valence-corrected chi connectivity index (χ2v) is 5.49. The zero-order chi connectivity index (χ0) is 15.1. The number of nitrogens with two attached hydrogens (primary N) is 1. The number of pyridine rings is 1. The van der Waals surface area contributed by atoms with Crippen LogP contribution in [0.5, 0.6) is 0 Å². The highest BCUT2D eigenvalue weighted by atomic mass is 16.4. The molecule has 1 aromatic rings. The first kappa shape index (κ1) is 15.3. The first-order valence-electron chi connectivity index (χ1n) is 7.34. The van der Waals surface area contributed by atoms with Gasteiger partial charge in [-0.25, -0.2) is 0 Å². The summed E-state index contributed by atoms with van der Waals surface area (Å²) in [6, 6.07) is 3.85. The predicted molar refractivity (Wildman–Crippen MR) is 79.9 cm³/mol. The maximum Gasteiger partial charge on any atom is 0.233 e. The van der Waals surface area contributed by atoms with Gasteiger partial charge in [-0.3, -0.25) is 9.78 Å². The molecule has 0 radical (unpaired) electrons. The van der Waals surface area contributed by atoms with E-state index in [-0.39, 0.29) is 11.7 Å². The molecule has 0 bridgehead atoms. The van der Waals surface area contributed by atoms with Crippen molar-refractivity contribution in [2.75, 3.05) is 6.54 Å². The number of amidine groups is 1. The molecular formula is C15H22N4O2. The molecule has 1 saturated carbocycles. The monoisotopic (exact) mass is 290 g/mol. The van der Waals surface area contributed by atoms with Crippen molar-refractivity contribution in [3.8, 4) is 0 Å². The van der Waals surface area contributed by atoms with Crippen molar-refractivity contribution in [1.82, 2.24) is 10.3 Å². The lowest BCUT2D eigenvalue weighted by Gasteiger charge is -2.34. The van der Waals surface area contributed by atoms with E-state index in [0.29, 0.717) is 19.4 Å². The molecule has 0 saturated heterocycles. The van der Waals surface area contributed by atoms with Crippen LogP contribution < -0.4 is 11.1 Å². The predicted octanol–water partition coefficient (Wildman–Crippen LogP) is 1.44. The number of aromatic nitrogens is 1. The number of hydrogen-bond acceptors (Lipinski definition) is 4. The van der Waals surface area contributed by atoms with Gasteiger partial charge < -0.3 is 16.3 Å². The quantitative estimate of drug-likeness (QED) is 0.330. The molecule has 21 heavy (non-hydrogen) atoms. The van der Waals surface area contributed by atoms with Crippen molar-refractivity contribution >= 4 is 11.7 Å². The minimum absolute atomic E-state index is 0.0311. The fraction of sp³-hybridized carbons (Fsp3) is 0.533. The van der Waals surface area contributed by atoms with Crippen LogP contribution in [0.1, 0.15) is 37.7 Å². The minimum Gasteiger partial charge on any atom is -0.409 e. The lowest BCUT2D eigenvalue weighted by Crippen LogP contribution is -2.51. The van der Waals surface area contributed by atoms with Crippen molar-refractivity contribution in [3.05, 3.63) is 30.1 Å². The second kappa shape index (κ2) is 7.06. The van der Waals surface area contributed by atoms with Crippen molar-refractivity contribution in [2.45, 2.75) is 38.5 Å². The van der Waals surface area contributed by atoms with Gasteiger partial charge in [-0.15, -0.1) is 0 Å². The number of nitrogens with one attached hydrogen (secondary N) is 1. The van der Waals surface area contributed by atoms with Crippen LogP contribution in [0.2, 0.25) is 0 Å². The Balaban J connectivity index is 1.96. The molecule has 114 valence electrons. The summed E-state index contributed by atoms with van der Waals surface area (Å²) < 4.78 is 0. The Bertz CT molecular complexity index is 496. The summed E-state index contributed by atoms with van der Waals surface area (Å²) >= 11 is 0. The first-order chi connectivity index (χ1) is 10.2. The van der Waals surface area contributed by atoms with Gasteiger partial charge in [0.15, 0.2) is 5.84 Å². The van der Waals surface area contributed by atoms with Crippen LogP contribution in [0.15, 0.2) is 29.7 Å². The molecule has 1 amide bonds. The largest absolute Gasteiger partial charge is 0.409 e. The fourth-order valence-electron chi connectivity index (χ4n) is 2.89. The summed E-state index contributed by atoms with van der Waals surface area (Å²) in [5.41, 5.74) is 6.07. The van der Waals surface area contributed by atoms with Crippen LogP contribution in [-0.4, -0.2) is 28.5 Å². The number of nitrogens with zero attached hydrogens (tertiary/aromatic N) is 2. The smallest absolute Gasteiger partial charge is 0.233 e. The lowest BCUT2D eigenvalue weighted by molar-refractivity contribution is -0.129. The average molecular weight is 290 g/mol. The van der Waals surface area contributed by atoms with Crippen LogP contribution in [0, 0.1) is 5.41 Å². The summed E-state index contributed by atoms with van der Waals surface area (Å²) in [5.74, 6) is -0.102. The average Bonchev–Trinajstić information content (AvgIpc) is 2.55. The Morgan fingerprint density at radius 1 is 1.33 bits per heavy atom. The maximum absolute atomic E-state index is 12.5. The Morgan fingerprint density at radius 2 is 2.00 bits per heavy atom. The van der Waals surface area contributed by atoms with Crippen LogP contribution >= 0.6 is 0 Å². The molecule has 0 aliphatic heterocycles. The number of hydrogen-bond donors (Lipinski definition) is 3. The first-order valence-corrected chi connectivity index (χ1v) is 7.34. The second-order valence-electron chi connectivity index (χ2n) is 5.49. The molecule has 1 heterocycles. The van der Waals surface area contributed by atoms with Crippen LogP contribution in [-0.2, 0) is 11.2 Å². The maximum atomic E-state index is 12.5. The number of rotatable bonds is 5. The third-order valence-electron chi connectivity index (χ3n) is 4.19. The Hall–Kier alpha value is -2.11. The molecule has 1 fully saturated rings. The summed E-state index contributed by atoms with van der Waals surface area (Å²) in [7, 11) is 0. The summed E-state index contributed by atoms with van der Waals surface area (Å²) in [4.78, 5) is 16.5. The van der Waals surface area contributed by atoms with Crippen LogP contribution in [0.25, 0.3) is 0 Å². The van der Waals surface area contributed by atoms with Gasteiger partial charge in [-0.05, 0) is 37.0 Å². The standard InChI is InChI=1S/C15H22N4O2/c16-13(19-21)15(7-2-1-3-8-15)14(20)18-11-6-12-4-9-17-10-5-12/h4-5,9-10,21H,1-3,6-8,11H2,(H2,16,19)(H,18,20). The van der Waals surface area contributed by atoms with E-state index in [1.165, 1.54) is 0 Å². The molecular weight excluding hydrogens is 268 g/mol. The highest BCUT2D eigenvalue weighted by Gasteiger charge is 2.43. The van der Waals surface area contributed by atoms with Gasteiger partial charge in [0.1, 0.15) is 5.41 Å². The molecule has 6 nitrogen and oxygen atoms in total. The van der Waals surface area contributed by atoms with Gasteiger partial charge in [-0.1, -0.05) is 24.4 Å². The number of carbonyl (C=O) groups is 1. The molecule has 6 heteroatoms. The highest BCUT2D eigenvalue weighted by Crippen LogP contribution is 2.36. The van der Waals surface area contributed by atoms with E-state index in [1.54, 1.807) is 12.4 Å². The van der Waals surface area contributed by atoms with Crippen molar-refractivity contribution in [3.63, 3.8) is 0 Å². The van der Waals surface area contributed by atoms with Gasteiger partial charge in [0.2, 0.25) is 5.91 Å². The molecule has 1 aliphatic carbocycles. The molecule has 4 N–H and O–H groups in total. The lowest BCUT2D eigenvalue weighted by atomic mass is 9.72. The van der Waals surface area contributed by atoms with Gasteiger partial charge >= 0.3 is 0 Å². The molecule has 0 unspecified atom stereocenters. The van der Waals surface area contributed by atoms with Crippen molar-refractivity contribution in [1.29, 1.82) is 0 Å². The van der Waals surface area contributed by atoms with Gasteiger partial charge in [0.05, 0.1) is 0 Å². The highest BCUT2D eigenvalue weighted by molar-refractivity contribution is 6.06. The number of amides is 1. The van der Waals surface area contributed by atoms with Gasteiger partial charge in [0, 0.05) is 18.9 Å². The molecule has 0 aromatic carbocycles. The van der Waals surface area contributed by atoms with Gasteiger partial charge in [-0.2, -0.15) is 0 Å². The van der Waals surface area contributed by atoms with E-state index in [0.717, 1.165) is 31.2 Å². The van der Waals surface area contributed by atoms with E-state index in [4.69, 9.17) is 10.9 Å². The third-order valence-corrected chi connectivity index (χ3v) is 4.19.